The van der Waals surface area contributed by atoms with Crippen LogP contribution in [0.3, 0.4) is 0 Å². The highest BCUT2D eigenvalue weighted by molar-refractivity contribution is 5.00. The van der Waals surface area contributed by atoms with Gasteiger partial charge in [-0.15, -0.1) is 0 Å². The third-order valence-electron chi connectivity index (χ3n) is 7.01. The molecule has 0 amide bonds. The molecule has 2 aliphatic heterocycles. The highest BCUT2D eigenvalue weighted by Gasteiger charge is 2.44. The van der Waals surface area contributed by atoms with E-state index in [1.807, 2.05) is 0 Å². The van der Waals surface area contributed by atoms with Crippen molar-refractivity contribution in [3.63, 3.8) is 0 Å². The van der Waals surface area contributed by atoms with Gasteiger partial charge in [-0.3, -0.25) is 9.80 Å². The molecule has 4 rings (SSSR count). The van der Waals surface area contributed by atoms with Gasteiger partial charge in [0.25, 0.3) is 0 Å². The largest absolute Gasteiger partial charge is 0.298 e. The Kier molecular flexibility index (Phi) is 4.55. The van der Waals surface area contributed by atoms with E-state index in [0.29, 0.717) is 0 Å². The number of rotatable bonds is 2. The van der Waals surface area contributed by atoms with Crippen molar-refractivity contribution < 1.29 is 0 Å². The van der Waals surface area contributed by atoms with Gasteiger partial charge in [-0.05, 0) is 51.0 Å². The maximum atomic E-state index is 3.04. The van der Waals surface area contributed by atoms with E-state index in [-0.39, 0.29) is 0 Å². The molecule has 0 bridgehead atoms. The topological polar surface area (TPSA) is 6.48 Å². The molecular weight excluding hydrogens is 256 g/mol. The average Bonchev–Trinajstić information content (AvgIpc) is 3.04. The van der Waals surface area contributed by atoms with E-state index in [9.17, 15) is 0 Å². The van der Waals surface area contributed by atoms with E-state index >= 15 is 0 Å². The summed E-state index contributed by atoms with van der Waals surface area (Å²) < 4.78 is 0. The van der Waals surface area contributed by atoms with Crippen molar-refractivity contribution in [1.82, 2.24) is 9.80 Å². The van der Waals surface area contributed by atoms with Gasteiger partial charge in [0, 0.05) is 31.2 Å². The Morgan fingerprint density at radius 1 is 0.571 bits per heavy atom. The summed E-state index contributed by atoms with van der Waals surface area (Å²) in [7, 11) is 0. The molecule has 0 radical (unpaired) electrons. The molecule has 2 heterocycles. The van der Waals surface area contributed by atoms with Crippen LogP contribution in [0.2, 0.25) is 0 Å². The molecular formula is C19H34N2. The second-order valence-corrected chi connectivity index (χ2v) is 8.16. The lowest BCUT2D eigenvalue weighted by Gasteiger charge is -2.52. The molecule has 120 valence electrons. The summed E-state index contributed by atoms with van der Waals surface area (Å²) in [5.74, 6) is 1.02. The maximum Gasteiger partial charge on any atom is 0.0283 e. The van der Waals surface area contributed by atoms with Crippen LogP contribution in [-0.2, 0) is 0 Å². The molecule has 4 fully saturated rings. The summed E-state index contributed by atoms with van der Waals surface area (Å²) >= 11 is 0. The number of hydrogen-bond donors (Lipinski definition) is 0. The number of piperazine rings is 1. The fourth-order valence-electron chi connectivity index (χ4n) is 6.03. The SMILES string of the molecule is C1CCC(C2C3CCCN3CCN2C2CCCCC2)CC1. The van der Waals surface area contributed by atoms with Gasteiger partial charge in [-0.25, -0.2) is 0 Å². The number of nitrogens with zero attached hydrogens (tertiary/aromatic N) is 2. The monoisotopic (exact) mass is 290 g/mol. The fourth-order valence-corrected chi connectivity index (χ4v) is 6.03. The average molecular weight is 290 g/mol. The number of fused-ring (bicyclic) bond motifs is 1. The molecule has 2 saturated heterocycles. The Balaban J connectivity index is 1.54. The Bertz CT molecular complexity index is 330. The Morgan fingerprint density at radius 2 is 1.29 bits per heavy atom. The Hall–Kier alpha value is -0.0800. The molecule has 2 saturated carbocycles. The first kappa shape index (κ1) is 14.5. The summed E-state index contributed by atoms with van der Waals surface area (Å²) in [6.45, 7) is 4.14. The molecule has 0 N–H and O–H groups in total. The normalized spacial score (nSPS) is 37.7. The maximum absolute atomic E-state index is 3.04. The fraction of sp³-hybridized carbons (Fsp3) is 1.00. The predicted octanol–water partition coefficient (Wildman–Crippen LogP) is 4.05. The van der Waals surface area contributed by atoms with Gasteiger partial charge >= 0.3 is 0 Å². The summed E-state index contributed by atoms with van der Waals surface area (Å²) in [5, 5.41) is 0. The third kappa shape index (κ3) is 2.91. The number of hydrogen-bond acceptors (Lipinski definition) is 2. The van der Waals surface area contributed by atoms with Crippen molar-refractivity contribution in [1.29, 1.82) is 0 Å². The van der Waals surface area contributed by atoms with Gasteiger partial charge in [0.2, 0.25) is 0 Å². The zero-order valence-corrected chi connectivity index (χ0v) is 13.8. The van der Waals surface area contributed by atoms with Gasteiger partial charge in [0.15, 0.2) is 0 Å². The summed E-state index contributed by atoms with van der Waals surface area (Å²) in [5.41, 5.74) is 0. The van der Waals surface area contributed by atoms with E-state index in [1.165, 1.54) is 96.7 Å². The first-order chi connectivity index (χ1) is 10.4. The van der Waals surface area contributed by atoms with E-state index in [4.69, 9.17) is 0 Å². The molecule has 2 nitrogen and oxygen atoms in total. The van der Waals surface area contributed by atoms with Crippen LogP contribution >= 0.6 is 0 Å². The molecule has 0 aromatic heterocycles. The Labute approximate surface area is 131 Å². The first-order valence-electron chi connectivity index (χ1n) is 9.93. The molecule has 21 heavy (non-hydrogen) atoms. The molecule has 0 aromatic rings. The van der Waals surface area contributed by atoms with Crippen molar-refractivity contribution >= 4 is 0 Å². The standard InChI is InChI=1S/C19H34N2/c1-3-8-16(9-4-1)19-18-12-7-13-20(18)14-15-21(19)17-10-5-2-6-11-17/h16-19H,1-15H2. The van der Waals surface area contributed by atoms with Crippen LogP contribution in [0, 0.1) is 5.92 Å². The molecule has 0 spiro atoms. The van der Waals surface area contributed by atoms with E-state index in [0.717, 1.165) is 24.0 Å². The van der Waals surface area contributed by atoms with E-state index in [2.05, 4.69) is 9.80 Å². The predicted molar refractivity (Wildman–Crippen MR) is 88.5 cm³/mol. The minimum Gasteiger partial charge on any atom is -0.298 e. The second-order valence-electron chi connectivity index (χ2n) is 8.16. The van der Waals surface area contributed by atoms with Crippen molar-refractivity contribution in [2.24, 2.45) is 5.92 Å². The molecule has 2 heteroatoms. The summed E-state index contributed by atoms with van der Waals surface area (Å²) in [6.07, 6.45) is 18.0. The van der Waals surface area contributed by atoms with Crippen LogP contribution in [-0.4, -0.2) is 47.6 Å². The zero-order chi connectivity index (χ0) is 14.1. The molecule has 2 aliphatic carbocycles. The highest BCUT2D eigenvalue weighted by atomic mass is 15.3. The lowest BCUT2D eigenvalue weighted by Crippen LogP contribution is -2.62. The van der Waals surface area contributed by atoms with Gasteiger partial charge < -0.3 is 0 Å². The summed E-state index contributed by atoms with van der Waals surface area (Å²) in [4.78, 5) is 5.90. The van der Waals surface area contributed by atoms with E-state index < -0.39 is 0 Å². The molecule has 2 atom stereocenters. The molecule has 2 unspecified atom stereocenters. The third-order valence-corrected chi connectivity index (χ3v) is 7.01. The zero-order valence-electron chi connectivity index (χ0n) is 13.8. The first-order valence-corrected chi connectivity index (χ1v) is 9.93. The lowest BCUT2D eigenvalue weighted by atomic mass is 9.77. The minimum absolute atomic E-state index is 0.920. The van der Waals surface area contributed by atoms with Crippen LogP contribution in [0.5, 0.6) is 0 Å². The van der Waals surface area contributed by atoms with Crippen LogP contribution < -0.4 is 0 Å². The van der Waals surface area contributed by atoms with E-state index in [1.54, 1.807) is 0 Å². The lowest BCUT2D eigenvalue weighted by molar-refractivity contribution is -0.0325. The minimum atomic E-state index is 0.920. The smallest absolute Gasteiger partial charge is 0.0283 e. The van der Waals surface area contributed by atoms with Gasteiger partial charge in [-0.2, -0.15) is 0 Å². The van der Waals surface area contributed by atoms with Gasteiger partial charge in [0.05, 0.1) is 0 Å². The second kappa shape index (κ2) is 6.58. The van der Waals surface area contributed by atoms with Crippen LogP contribution in [0.4, 0.5) is 0 Å². The highest BCUT2D eigenvalue weighted by Crippen LogP contribution is 2.40. The van der Waals surface area contributed by atoms with Gasteiger partial charge in [-0.1, -0.05) is 38.5 Å². The van der Waals surface area contributed by atoms with Crippen LogP contribution in [0.1, 0.15) is 77.0 Å². The van der Waals surface area contributed by atoms with Crippen molar-refractivity contribution in [3.8, 4) is 0 Å². The Morgan fingerprint density at radius 3 is 2.05 bits per heavy atom. The van der Waals surface area contributed by atoms with Crippen LogP contribution in [0.15, 0.2) is 0 Å². The molecule has 4 aliphatic rings. The van der Waals surface area contributed by atoms with Crippen LogP contribution in [0.25, 0.3) is 0 Å². The van der Waals surface area contributed by atoms with Crippen molar-refractivity contribution in [3.05, 3.63) is 0 Å². The molecule has 0 aromatic carbocycles. The van der Waals surface area contributed by atoms with Gasteiger partial charge in [0.1, 0.15) is 0 Å². The van der Waals surface area contributed by atoms with Crippen molar-refractivity contribution in [2.45, 2.75) is 95.2 Å². The van der Waals surface area contributed by atoms with Crippen molar-refractivity contribution in [2.75, 3.05) is 19.6 Å². The summed E-state index contributed by atoms with van der Waals surface area (Å²) in [6, 6.07) is 2.78. The quantitative estimate of drug-likeness (QED) is 0.757.